The summed E-state index contributed by atoms with van der Waals surface area (Å²) in [7, 11) is 1.33. The predicted molar refractivity (Wildman–Crippen MR) is 80.4 cm³/mol. The molecule has 1 heterocycles. The summed E-state index contributed by atoms with van der Waals surface area (Å²) in [5.74, 6) is 0.199. The summed E-state index contributed by atoms with van der Waals surface area (Å²) in [6, 6.07) is 6.00. The third-order valence-corrected chi connectivity index (χ3v) is 3.65. The van der Waals surface area contributed by atoms with Crippen LogP contribution in [0.3, 0.4) is 0 Å². The Morgan fingerprint density at radius 3 is 2.60 bits per heavy atom. The van der Waals surface area contributed by atoms with E-state index in [0.717, 1.165) is 11.1 Å². The van der Waals surface area contributed by atoms with Crippen LogP contribution >= 0.6 is 12.2 Å². The molecule has 0 spiro atoms. The molecule has 0 aliphatic carbocycles. The number of hydrogen-bond donors (Lipinski definition) is 1. The number of methoxy groups -OCH3 is 1. The number of nitrogens with zero attached hydrogens (tertiary/aromatic N) is 1. The molecule has 0 fully saturated rings. The maximum absolute atomic E-state index is 11.7. The minimum absolute atomic E-state index is 0.254. The van der Waals surface area contributed by atoms with E-state index < -0.39 is 5.97 Å². The average molecular weight is 288 g/mol. The van der Waals surface area contributed by atoms with E-state index in [0.29, 0.717) is 17.1 Å². The number of benzene rings is 1. The normalized spacial score (nSPS) is 10.4. The number of rotatable bonds is 2. The van der Waals surface area contributed by atoms with Gasteiger partial charge in [-0.3, -0.25) is 0 Å². The highest BCUT2D eigenvalue weighted by Gasteiger charge is 2.15. The molecule has 2 aromatic rings. The Bertz CT molecular complexity index is 735. The van der Waals surface area contributed by atoms with Crippen molar-refractivity contribution in [3.8, 4) is 11.4 Å². The zero-order chi connectivity index (χ0) is 14.9. The van der Waals surface area contributed by atoms with Gasteiger partial charge in [0.05, 0.1) is 7.11 Å². The third-order valence-electron chi connectivity index (χ3n) is 3.36. The van der Waals surface area contributed by atoms with E-state index in [1.54, 1.807) is 6.92 Å². The summed E-state index contributed by atoms with van der Waals surface area (Å²) in [6.45, 7) is 5.87. The summed E-state index contributed by atoms with van der Waals surface area (Å²) < 4.78 is 4.97. The molecular formula is C15H16N2O2S. The predicted octanol–water partition coefficient (Wildman–Crippen LogP) is 3.52. The van der Waals surface area contributed by atoms with E-state index >= 15 is 0 Å². The zero-order valence-electron chi connectivity index (χ0n) is 11.9. The molecule has 4 nitrogen and oxygen atoms in total. The van der Waals surface area contributed by atoms with Gasteiger partial charge in [0, 0.05) is 11.3 Å². The number of hydrogen-bond acceptors (Lipinski definition) is 4. The van der Waals surface area contributed by atoms with Crippen molar-refractivity contribution < 1.29 is 9.53 Å². The van der Waals surface area contributed by atoms with E-state index in [9.17, 15) is 4.79 Å². The molecule has 0 saturated heterocycles. The Hall–Kier alpha value is -2.01. The number of nitrogens with one attached hydrogen (secondary N) is 1. The SMILES string of the molecule is COC(=O)c1c(C)[nH]c(-c2cccc(C)c2C)nc1=S. The first-order valence-corrected chi connectivity index (χ1v) is 6.62. The molecule has 1 aromatic carbocycles. The van der Waals surface area contributed by atoms with Crippen LogP contribution in [-0.2, 0) is 4.74 Å². The molecule has 0 bridgehead atoms. The fourth-order valence-corrected chi connectivity index (χ4v) is 2.39. The van der Waals surface area contributed by atoms with E-state index in [1.165, 1.54) is 12.7 Å². The number of aromatic amines is 1. The average Bonchev–Trinajstić information content (AvgIpc) is 2.40. The van der Waals surface area contributed by atoms with Gasteiger partial charge in [-0.2, -0.15) is 0 Å². The van der Waals surface area contributed by atoms with E-state index in [4.69, 9.17) is 17.0 Å². The molecular weight excluding hydrogens is 272 g/mol. The summed E-state index contributed by atoms with van der Waals surface area (Å²) in [5, 5.41) is 0. The van der Waals surface area contributed by atoms with Gasteiger partial charge in [-0.05, 0) is 31.9 Å². The van der Waals surface area contributed by atoms with Crippen LogP contribution in [0.1, 0.15) is 27.2 Å². The molecule has 0 atom stereocenters. The van der Waals surface area contributed by atoms with Crippen molar-refractivity contribution in [2.75, 3.05) is 7.11 Å². The molecule has 0 amide bonds. The second-order valence-electron chi connectivity index (χ2n) is 4.63. The van der Waals surface area contributed by atoms with Gasteiger partial charge in [0.2, 0.25) is 0 Å². The molecule has 0 unspecified atom stereocenters. The zero-order valence-corrected chi connectivity index (χ0v) is 12.7. The maximum Gasteiger partial charge on any atom is 0.342 e. The maximum atomic E-state index is 11.7. The monoisotopic (exact) mass is 288 g/mol. The van der Waals surface area contributed by atoms with Gasteiger partial charge < -0.3 is 9.72 Å². The lowest BCUT2D eigenvalue weighted by atomic mass is 10.0. The van der Waals surface area contributed by atoms with Crippen molar-refractivity contribution in [3.63, 3.8) is 0 Å². The molecule has 0 aliphatic heterocycles. The van der Waals surface area contributed by atoms with Crippen molar-refractivity contribution >= 4 is 18.2 Å². The molecule has 1 N–H and O–H groups in total. The Morgan fingerprint density at radius 1 is 1.30 bits per heavy atom. The van der Waals surface area contributed by atoms with Crippen LogP contribution in [0.25, 0.3) is 11.4 Å². The van der Waals surface area contributed by atoms with E-state index in [2.05, 4.69) is 9.97 Å². The molecule has 5 heteroatoms. The smallest absolute Gasteiger partial charge is 0.342 e. The van der Waals surface area contributed by atoms with Crippen LogP contribution in [0.2, 0.25) is 0 Å². The number of aryl methyl sites for hydroxylation is 2. The summed E-state index contributed by atoms with van der Waals surface area (Å²) in [4.78, 5) is 19.1. The first-order valence-electron chi connectivity index (χ1n) is 6.21. The fraction of sp³-hybridized carbons (Fsp3) is 0.267. The number of ether oxygens (including phenoxy) is 1. The van der Waals surface area contributed by atoms with Crippen molar-refractivity contribution in [3.05, 3.63) is 45.2 Å². The minimum Gasteiger partial charge on any atom is -0.465 e. The number of aromatic nitrogens is 2. The van der Waals surface area contributed by atoms with Crippen molar-refractivity contribution in [2.45, 2.75) is 20.8 Å². The van der Waals surface area contributed by atoms with Gasteiger partial charge in [0.25, 0.3) is 0 Å². The highest BCUT2D eigenvalue weighted by molar-refractivity contribution is 7.71. The number of carbonyl (C=O) groups excluding carboxylic acids is 1. The lowest BCUT2D eigenvalue weighted by Crippen LogP contribution is -2.09. The summed E-state index contributed by atoms with van der Waals surface area (Å²) >= 11 is 5.21. The summed E-state index contributed by atoms with van der Waals surface area (Å²) in [6.07, 6.45) is 0. The highest BCUT2D eigenvalue weighted by Crippen LogP contribution is 2.23. The molecule has 0 saturated carbocycles. The highest BCUT2D eigenvalue weighted by atomic mass is 32.1. The molecule has 0 radical (unpaired) electrons. The van der Waals surface area contributed by atoms with Crippen LogP contribution in [0.15, 0.2) is 18.2 Å². The Morgan fingerprint density at radius 2 is 2.00 bits per heavy atom. The summed E-state index contributed by atoms with van der Waals surface area (Å²) in [5.41, 5.74) is 4.27. The molecule has 0 aliphatic rings. The first kappa shape index (κ1) is 14.4. The van der Waals surface area contributed by atoms with Crippen molar-refractivity contribution in [2.24, 2.45) is 0 Å². The van der Waals surface area contributed by atoms with Crippen LogP contribution in [0, 0.1) is 25.4 Å². The lowest BCUT2D eigenvalue weighted by Gasteiger charge is -2.11. The first-order chi connectivity index (χ1) is 9.45. The topological polar surface area (TPSA) is 55.0 Å². The van der Waals surface area contributed by atoms with Gasteiger partial charge in [-0.25, -0.2) is 9.78 Å². The van der Waals surface area contributed by atoms with E-state index in [1.807, 2.05) is 32.0 Å². The van der Waals surface area contributed by atoms with Crippen molar-refractivity contribution in [1.29, 1.82) is 0 Å². The molecule has 104 valence electrons. The molecule has 2 rings (SSSR count). The Kier molecular flexibility index (Phi) is 3.99. The minimum atomic E-state index is -0.469. The third kappa shape index (κ3) is 2.49. The lowest BCUT2D eigenvalue weighted by molar-refractivity contribution is 0.0598. The van der Waals surface area contributed by atoms with Gasteiger partial charge in [0.1, 0.15) is 16.0 Å². The van der Waals surface area contributed by atoms with Crippen LogP contribution < -0.4 is 0 Å². The number of carbonyl (C=O) groups is 1. The Balaban J connectivity index is 2.64. The standard InChI is InChI=1S/C15H16N2O2S/c1-8-6-5-7-11(9(8)2)13-16-10(3)12(14(20)17-13)15(18)19-4/h5-7H,1-4H3,(H,16,17,20). The van der Waals surface area contributed by atoms with Crippen LogP contribution in [-0.4, -0.2) is 23.0 Å². The Labute approximate surface area is 122 Å². The quantitative estimate of drug-likeness (QED) is 0.678. The van der Waals surface area contributed by atoms with Crippen molar-refractivity contribution in [1.82, 2.24) is 9.97 Å². The molecule has 20 heavy (non-hydrogen) atoms. The fourth-order valence-electron chi connectivity index (χ4n) is 2.06. The second kappa shape index (κ2) is 5.54. The molecule has 1 aromatic heterocycles. The van der Waals surface area contributed by atoms with Gasteiger partial charge in [-0.1, -0.05) is 30.4 Å². The van der Waals surface area contributed by atoms with Gasteiger partial charge in [0.15, 0.2) is 0 Å². The van der Waals surface area contributed by atoms with Gasteiger partial charge in [-0.15, -0.1) is 0 Å². The number of esters is 1. The van der Waals surface area contributed by atoms with Gasteiger partial charge >= 0.3 is 5.97 Å². The second-order valence-corrected chi connectivity index (χ2v) is 5.02. The van der Waals surface area contributed by atoms with Crippen LogP contribution in [0.5, 0.6) is 0 Å². The largest absolute Gasteiger partial charge is 0.465 e. The van der Waals surface area contributed by atoms with E-state index in [-0.39, 0.29) is 4.64 Å². The van der Waals surface area contributed by atoms with Crippen LogP contribution in [0.4, 0.5) is 0 Å². The number of H-pyrrole nitrogens is 1.